The number of ether oxygens (including phenoxy) is 1. The second kappa shape index (κ2) is 7.61. The maximum atomic E-state index is 12.0. The number of hydrogen-bond acceptors (Lipinski definition) is 4. The molecule has 0 heterocycles. The zero-order valence-corrected chi connectivity index (χ0v) is 12.7. The van der Waals surface area contributed by atoms with Crippen LogP contribution in [0.4, 0.5) is 0 Å². The van der Waals surface area contributed by atoms with Crippen molar-refractivity contribution in [3.8, 4) is 5.75 Å². The molecule has 0 aliphatic heterocycles. The summed E-state index contributed by atoms with van der Waals surface area (Å²) in [6.07, 6.45) is 1.17. The molecule has 116 valence electrons. The van der Waals surface area contributed by atoms with Crippen LogP contribution in [0.15, 0.2) is 48.5 Å². The Kier molecular flexibility index (Phi) is 5.55. The zero-order valence-electron chi connectivity index (χ0n) is 12.7. The number of aryl methyl sites for hydroxylation is 1. The number of hydrogen-bond donors (Lipinski definition) is 2. The van der Waals surface area contributed by atoms with Crippen LogP contribution in [0.1, 0.15) is 23.6 Å². The van der Waals surface area contributed by atoms with Crippen molar-refractivity contribution in [3.05, 3.63) is 65.2 Å². The third-order valence-electron chi connectivity index (χ3n) is 3.54. The van der Waals surface area contributed by atoms with Crippen LogP contribution in [0.25, 0.3) is 0 Å². The predicted octanol–water partition coefficient (Wildman–Crippen LogP) is 2.57. The van der Waals surface area contributed by atoms with Gasteiger partial charge in [-0.3, -0.25) is 4.79 Å². The molecule has 2 rings (SSSR count). The number of phenols is 1. The molecule has 2 aromatic carbocycles. The van der Waals surface area contributed by atoms with Crippen molar-refractivity contribution in [2.24, 2.45) is 5.73 Å². The number of benzene rings is 2. The van der Waals surface area contributed by atoms with Gasteiger partial charge in [-0.2, -0.15) is 0 Å². The summed E-state index contributed by atoms with van der Waals surface area (Å²) in [5, 5.41) is 9.50. The minimum atomic E-state index is -0.710. The molecule has 0 aliphatic carbocycles. The van der Waals surface area contributed by atoms with Crippen LogP contribution in [-0.2, 0) is 29.0 Å². The van der Waals surface area contributed by atoms with E-state index in [4.69, 9.17) is 10.5 Å². The summed E-state index contributed by atoms with van der Waals surface area (Å²) in [4.78, 5) is 12.0. The van der Waals surface area contributed by atoms with Crippen LogP contribution in [0.2, 0.25) is 0 Å². The molecule has 0 spiro atoms. The van der Waals surface area contributed by atoms with Gasteiger partial charge in [0.25, 0.3) is 0 Å². The van der Waals surface area contributed by atoms with Crippen LogP contribution < -0.4 is 5.73 Å². The van der Waals surface area contributed by atoms with E-state index < -0.39 is 12.0 Å². The highest BCUT2D eigenvalue weighted by molar-refractivity contribution is 5.76. The number of phenolic OH excluding ortho intramolecular Hbond substituents is 1. The van der Waals surface area contributed by atoms with Crippen molar-refractivity contribution in [1.82, 2.24) is 0 Å². The summed E-state index contributed by atoms with van der Waals surface area (Å²) < 4.78 is 5.25. The van der Waals surface area contributed by atoms with E-state index in [-0.39, 0.29) is 12.4 Å². The van der Waals surface area contributed by atoms with E-state index in [0.29, 0.717) is 6.42 Å². The molecule has 0 aromatic heterocycles. The standard InChI is InChI=1S/C18H21NO3/c1-2-14-10-16(20)9-8-15(14)11-17(19)18(21)22-12-13-6-4-3-5-7-13/h3-10,17,20H,2,11-12,19H2,1H3/t17-/m0/s1. The molecule has 2 aromatic rings. The molecule has 22 heavy (non-hydrogen) atoms. The highest BCUT2D eigenvalue weighted by Crippen LogP contribution is 2.18. The van der Waals surface area contributed by atoms with Crippen LogP contribution in [0.3, 0.4) is 0 Å². The lowest BCUT2D eigenvalue weighted by Gasteiger charge is -2.14. The van der Waals surface area contributed by atoms with Crippen molar-refractivity contribution in [1.29, 1.82) is 0 Å². The fraction of sp³-hybridized carbons (Fsp3) is 0.278. The van der Waals surface area contributed by atoms with E-state index in [1.54, 1.807) is 18.2 Å². The van der Waals surface area contributed by atoms with Crippen molar-refractivity contribution in [2.75, 3.05) is 0 Å². The average Bonchev–Trinajstić information content (AvgIpc) is 2.55. The summed E-state index contributed by atoms with van der Waals surface area (Å²) in [5.74, 6) is -0.195. The van der Waals surface area contributed by atoms with Crippen molar-refractivity contribution >= 4 is 5.97 Å². The molecule has 1 atom stereocenters. The molecule has 0 saturated heterocycles. The first-order valence-electron chi connectivity index (χ1n) is 7.37. The predicted molar refractivity (Wildman–Crippen MR) is 85.4 cm³/mol. The lowest BCUT2D eigenvalue weighted by molar-refractivity contribution is -0.146. The molecule has 3 N–H and O–H groups in total. The molecule has 0 aliphatic rings. The highest BCUT2D eigenvalue weighted by atomic mass is 16.5. The van der Waals surface area contributed by atoms with E-state index >= 15 is 0 Å². The second-order valence-electron chi connectivity index (χ2n) is 5.21. The van der Waals surface area contributed by atoms with Crippen LogP contribution in [0.5, 0.6) is 5.75 Å². The Morgan fingerprint density at radius 1 is 1.18 bits per heavy atom. The summed E-state index contributed by atoms with van der Waals surface area (Å²) >= 11 is 0. The van der Waals surface area contributed by atoms with Gasteiger partial charge in [-0.1, -0.05) is 43.3 Å². The molecule has 0 amide bonds. The first kappa shape index (κ1) is 16.0. The Balaban J connectivity index is 1.94. The number of carbonyl (C=O) groups excluding carboxylic acids is 1. The van der Waals surface area contributed by atoms with Gasteiger partial charge >= 0.3 is 5.97 Å². The quantitative estimate of drug-likeness (QED) is 0.804. The highest BCUT2D eigenvalue weighted by Gasteiger charge is 2.17. The van der Waals surface area contributed by atoms with Crippen LogP contribution >= 0.6 is 0 Å². The fourth-order valence-corrected chi connectivity index (χ4v) is 2.30. The lowest BCUT2D eigenvalue weighted by atomic mass is 9.98. The van der Waals surface area contributed by atoms with Gasteiger partial charge in [0.05, 0.1) is 0 Å². The Hall–Kier alpha value is -2.33. The minimum Gasteiger partial charge on any atom is -0.508 e. The number of carbonyl (C=O) groups is 1. The lowest BCUT2D eigenvalue weighted by Crippen LogP contribution is -2.34. The molecular formula is C18H21NO3. The third kappa shape index (κ3) is 4.33. The second-order valence-corrected chi connectivity index (χ2v) is 5.21. The summed E-state index contributed by atoms with van der Waals surface area (Å²) in [6, 6.07) is 13.9. The Labute approximate surface area is 130 Å². The molecular weight excluding hydrogens is 278 g/mol. The Bertz CT molecular complexity index is 625. The fourth-order valence-electron chi connectivity index (χ4n) is 2.30. The SMILES string of the molecule is CCc1cc(O)ccc1C[C@H](N)C(=O)OCc1ccccc1. The molecule has 0 fully saturated rings. The van der Waals surface area contributed by atoms with Crippen molar-refractivity contribution < 1.29 is 14.6 Å². The largest absolute Gasteiger partial charge is 0.508 e. The Morgan fingerprint density at radius 3 is 2.59 bits per heavy atom. The number of nitrogens with two attached hydrogens (primary N) is 1. The van der Waals surface area contributed by atoms with Crippen molar-refractivity contribution in [3.63, 3.8) is 0 Å². The smallest absolute Gasteiger partial charge is 0.323 e. The maximum absolute atomic E-state index is 12.0. The first-order chi connectivity index (χ1) is 10.6. The van der Waals surface area contributed by atoms with E-state index in [0.717, 1.165) is 23.1 Å². The first-order valence-corrected chi connectivity index (χ1v) is 7.37. The van der Waals surface area contributed by atoms with Gasteiger partial charge in [0.1, 0.15) is 18.4 Å². The molecule has 0 saturated carbocycles. The van der Waals surface area contributed by atoms with Gasteiger partial charge in [-0.25, -0.2) is 0 Å². The average molecular weight is 299 g/mol. The van der Waals surface area contributed by atoms with Gasteiger partial charge in [0.2, 0.25) is 0 Å². The molecule has 4 heteroatoms. The summed E-state index contributed by atoms with van der Waals surface area (Å²) in [5.41, 5.74) is 8.82. The maximum Gasteiger partial charge on any atom is 0.323 e. The van der Waals surface area contributed by atoms with E-state index in [9.17, 15) is 9.90 Å². The van der Waals surface area contributed by atoms with E-state index in [1.807, 2.05) is 37.3 Å². The normalized spacial score (nSPS) is 11.9. The summed E-state index contributed by atoms with van der Waals surface area (Å²) in [6.45, 7) is 2.22. The molecule has 0 bridgehead atoms. The molecule has 4 nitrogen and oxygen atoms in total. The molecule has 0 radical (unpaired) electrons. The number of rotatable bonds is 6. The van der Waals surface area contributed by atoms with Crippen molar-refractivity contribution in [2.45, 2.75) is 32.4 Å². The third-order valence-corrected chi connectivity index (χ3v) is 3.54. The topological polar surface area (TPSA) is 72.5 Å². The van der Waals surface area contributed by atoms with Gasteiger partial charge in [0, 0.05) is 0 Å². The van der Waals surface area contributed by atoms with Crippen LogP contribution in [-0.4, -0.2) is 17.1 Å². The van der Waals surface area contributed by atoms with Gasteiger partial charge in [0.15, 0.2) is 0 Å². The van der Waals surface area contributed by atoms with Gasteiger partial charge < -0.3 is 15.6 Å². The van der Waals surface area contributed by atoms with Gasteiger partial charge in [-0.05, 0) is 41.7 Å². The monoisotopic (exact) mass is 299 g/mol. The van der Waals surface area contributed by atoms with Gasteiger partial charge in [-0.15, -0.1) is 0 Å². The Morgan fingerprint density at radius 2 is 1.91 bits per heavy atom. The van der Waals surface area contributed by atoms with Crippen LogP contribution in [0, 0.1) is 0 Å². The van der Waals surface area contributed by atoms with E-state index in [2.05, 4.69) is 0 Å². The van der Waals surface area contributed by atoms with E-state index in [1.165, 1.54) is 0 Å². The minimum absolute atomic E-state index is 0.223. The number of aromatic hydroxyl groups is 1. The molecule has 0 unspecified atom stereocenters. The zero-order chi connectivity index (χ0) is 15.9. The summed E-state index contributed by atoms with van der Waals surface area (Å²) in [7, 11) is 0. The number of esters is 1.